The predicted molar refractivity (Wildman–Crippen MR) is 87.7 cm³/mol. The Labute approximate surface area is 140 Å². The Morgan fingerprint density at radius 3 is 2.71 bits per heavy atom. The zero-order chi connectivity index (χ0) is 16.5. The summed E-state index contributed by atoms with van der Waals surface area (Å²) in [5.74, 6) is -0.186. The molecule has 2 aliphatic rings. The average Bonchev–Trinajstić information content (AvgIpc) is 3.11. The number of hydrogen-bond acceptors (Lipinski definition) is 4. The molecule has 1 saturated heterocycles. The average molecular weight is 330 g/mol. The summed E-state index contributed by atoms with van der Waals surface area (Å²) in [6, 6.07) is 3.77. The van der Waals surface area contributed by atoms with Gasteiger partial charge in [-0.25, -0.2) is 18.7 Å². The SMILES string of the molecule is Fc1ccc(CN2CCc3nc(N4CCCC4)ncc3C2)c(F)c1. The number of aromatic nitrogens is 2. The van der Waals surface area contributed by atoms with Crippen LogP contribution in [0.2, 0.25) is 0 Å². The third-order valence-electron chi connectivity index (χ3n) is 4.80. The van der Waals surface area contributed by atoms with Crippen molar-refractivity contribution in [2.45, 2.75) is 32.4 Å². The lowest BCUT2D eigenvalue weighted by Crippen LogP contribution is -2.32. The maximum absolute atomic E-state index is 13.8. The van der Waals surface area contributed by atoms with Gasteiger partial charge in [0.15, 0.2) is 0 Å². The lowest BCUT2D eigenvalue weighted by atomic mass is 10.1. The van der Waals surface area contributed by atoms with Gasteiger partial charge in [-0.15, -0.1) is 0 Å². The van der Waals surface area contributed by atoms with E-state index in [-0.39, 0.29) is 0 Å². The first-order chi connectivity index (χ1) is 11.7. The molecule has 0 saturated carbocycles. The second-order valence-electron chi connectivity index (χ2n) is 6.53. The summed E-state index contributed by atoms with van der Waals surface area (Å²) in [6.07, 6.45) is 5.15. The van der Waals surface area contributed by atoms with Gasteiger partial charge < -0.3 is 4.90 Å². The number of anilines is 1. The molecule has 0 radical (unpaired) electrons. The second-order valence-corrected chi connectivity index (χ2v) is 6.53. The van der Waals surface area contributed by atoms with Gasteiger partial charge in [0.2, 0.25) is 5.95 Å². The van der Waals surface area contributed by atoms with E-state index in [0.717, 1.165) is 49.3 Å². The number of fused-ring (bicyclic) bond motifs is 1. The number of nitrogens with zero attached hydrogens (tertiary/aromatic N) is 4. The number of halogens is 2. The molecule has 0 amide bonds. The monoisotopic (exact) mass is 330 g/mol. The minimum Gasteiger partial charge on any atom is -0.341 e. The molecule has 2 aromatic rings. The van der Waals surface area contributed by atoms with Crippen LogP contribution < -0.4 is 4.90 Å². The van der Waals surface area contributed by atoms with Crippen molar-refractivity contribution in [1.82, 2.24) is 14.9 Å². The van der Waals surface area contributed by atoms with Crippen LogP contribution in [0.25, 0.3) is 0 Å². The molecule has 1 aromatic heterocycles. The van der Waals surface area contributed by atoms with Gasteiger partial charge in [0.25, 0.3) is 0 Å². The van der Waals surface area contributed by atoms with E-state index in [0.29, 0.717) is 18.7 Å². The zero-order valence-electron chi connectivity index (χ0n) is 13.5. The predicted octanol–water partition coefficient (Wildman–Crippen LogP) is 2.91. The first-order valence-electron chi connectivity index (χ1n) is 8.45. The Morgan fingerprint density at radius 1 is 1.08 bits per heavy atom. The minimum absolute atomic E-state index is 0.472. The second kappa shape index (κ2) is 6.43. The van der Waals surface area contributed by atoms with Crippen molar-refractivity contribution in [3.05, 3.63) is 52.9 Å². The van der Waals surface area contributed by atoms with Crippen LogP contribution in [0.1, 0.15) is 29.7 Å². The van der Waals surface area contributed by atoms with Crippen LogP contribution in [-0.2, 0) is 19.5 Å². The van der Waals surface area contributed by atoms with E-state index in [9.17, 15) is 8.78 Å². The van der Waals surface area contributed by atoms with Gasteiger partial charge in [-0.05, 0) is 18.9 Å². The largest absolute Gasteiger partial charge is 0.341 e. The molecule has 126 valence electrons. The molecule has 6 heteroatoms. The maximum Gasteiger partial charge on any atom is 0.225 e. The molecule has 1 aromatic carbocycles. The molecule has 0 atom stereocenters. The van der Waals surface area contributed by atoms with Crippen molar-refractivity contribution in [2.24, 2.45) is 0 Å². The quantitative estimate of drug-likeness (QED) is 0.866. The van der Waals surface area contributed by atoms with E-state index in [2.05, 4.69) is 14.8 Å². The Morgan fingerprint density at radius 2 is 1.92 bits per heavy atom. The Hall–Kier alpha value is -2.08. The van der Waals surface area contributed by atoms with Crippen LogP contribution in [-0.4, -0.2) is 34.5 Å². The van der Waals surface area contributed by atoms with E-state index < -0.39 is 11.6 Å². The molecule has 4 rings (SSSR count). The summed E-state index contributed by atoms with van der Waals surface area (Å²) in [4.78, 5) is 13.6. The molecule has 0 unspecified atom stereocenters. The number of rotatable bonds is 3. The van der Waals surface area contributed by atoms with Crippen LogP contribution in [0.15, 0.2) is 24.4 Å². The highest BCUT2D eigenvalue weighted by molar-refractivity contribution is 5.35. The van der Waals surface area contributed by atoms with Gasteiger partial charge in [0.05, 0.1) is 5.69 Å². The molecule has 0 N–H and O–H groups in total. The van der Waals surface area contributed by atoms with Gasteiger partial charge >= 0.3 is 0 Å². The lowest BCUT2D eigenvalue weighted by molar-refractivity contribution is 0.239. The van der Waals surface area contributed by atoms with Gasteiger partial charge in [-0.2, -0.15) is 0 Å². The van der Waals surface area contributed by atoms with Crippen molar-refractivity contribution in [2.75, 3.05) is 24.5 Å². The minimum atomic E-state index is -0.539. The van der Waals surface area contributed by atoms with E-state index in [1.165, 1.54) is 25.0 Å². The highest BCUT2D eigenvalue weighted by atomic mass is 19.1. The molecule has 0 spiro atoms. The highest BCUT2D eigenvalue weighted by Crippen LogP contribution is 2.23. The first-order valence-corrected chi connectivity index (χ1v) is 8.45. The summed E-state index contributed by atoms with van der Waals surface area (Å²) in [5.41, 5.74) is 2.73. The van der Waals surface area contributed by atoms with E-state index >= 15 is 0 Å². The lowest BCUT2D eigenvalue weighted by Gasteiger charge is -2.28. The summed E-state index contributed by atoms with van der Waals surface area (Å²) in [7, 11) is 0. The molecule has 24 heavy (non-hydrogen) atoms. The smallest absolute Gasteiger partial charge is 0.225 e. The van der Waals surface area contributed by atoms with Gasteiger partial charge in [-0.3, -0.25) is 4.90 Å². The highest BCUT2D eigenvalue weighted by Gasteiger charge is 2.22. The third kappa shape index (κ3) is 3.11. The topological polar surface area (TPSA) is 32.3 Å². The molecular formula is C18H20F2N4. The van der Waals surface area contributed by atoms with Crippen LogP contribution >= 0.6 is 0 Å². The molecule has 1 fully saturated rings. The normalized spacial score (nSPS) is 18.0. The fourth-order valence-corrected chi connectivity index (χ4v) is 3.46. The summed E-state index contributed by atoms with van der Waals surface area (Å²) in [6.45, 7) is 4.07. The summed E-state index contributed by atoms with van der Waals surface area (Å²) in [5, 5.41) is 0. The maximum atomic E-state index is 13.8. The van der Waals surface area contributed by atoms with Crippen molar-refractivity contribution < 1.29 is 8.78 Å². The molecule has 0 bridgehead atoms. The van der Waals surface area contributed by atoms with Crippen molar-refractivity contribution in [1.29, 1.82) is 0 Å². The van der Waals surface area contributed by atoms with Crippen molar-refractivity contribution in [3.8, 4) is 0 Å². The van der Waals surface area contributed by atoms with Crippen LogP contribution in [0.3, 0.4) is 0 Å². The van der Waals surface area contributed by atoms with Crippen LogP contribution in [0, 0.1) is 11.6 Å². The van der Waals surface area contributed by atoms with Gasteiger partial charge in [0.1, 0.15) is 11.6 Å². The molecular weight excluding hydrogens is 310 g/mol. The Balaban J connectivity index is 1.47. The first kappa shape index (κ1) is 15.4. The van der Waals surface area contributed by atoms with E-state index in [1.807, 2.05) is 6.20 Å². The number of benzene rings is 1. The molecule has 3 heterocycles. The Bertz CT molecular complexity index is 744. The fraction of sp³-hybridized carbons (Fsp3) is 0.444. The fourth-order valence-electron chi connectivity index (χ4n) is 3.46. The van der Waals surface area contributed by atoms with Crippen LogP contribution in [0.5, 0.6) is 0 Å². The molecule has 2 aliphatic heterocycles. The molecule has 4 nitrogen and oxygen atoms in total. The number of hydrogen-bond donors (Lipinski definition) is 0. The summed E-state index contributed by atoms with van der Waals surface area (Å²) >= 11 is 0. The van der Waals surface area contributed by atoms with Gasteiger partial charge in [-0.1, -0.05) is 6.07 Å². The van der Waals surface area contributed by atoms with Crippen molar-refractivity contribution in [3.63, 3.8) is 0 Å². The van der Waals surface area contributed by atoms with Gasteiger partial charge in [0, 0.05) is 62.5 Å². The molecule has 0 aliphatic carbocycles. The summed E-state index contributed by atoms with van der Waals surface area (Å²) < 4.78 is 26.8. The van der Waals surface area contributed by atoms with Crippen molar-refractivity contribution >= 4 is 5.95 Å². The standard InChI is InChI=1S/C18H20F2N4/c19-15-4-3-13(16(20)9-15)11-23-8-5-17-14(12-23)10-21-18(22-17)24-6-1-2-7-24/h3-4,9-10H,1-2,5-8,11-12H2. The third-order valence-corrected chi connectivity index (χ3v) is 4.80. The van der Waals surface area contributed by atoms with E-state index in [4.69, 9.17) is 4.98 Å². The zero-order valence-corrected chi connectivity index (χ0v) is 13.5. The van der Waals surface area contributed by atoms with Crippen LogP contribution in [0.4, 0.5) is 14.7 Å². The van der Waals surface area contributed by atoms with E-state index in [1.54, 1.807) is 0 Å². The Kier molecular flexibility index (Phi) is 4.14.